The molecular weight excluding hydrogens is 416 g/mol. The van der Waals surface area contributed by atoms with Gasteiger partial charge in [0, 0.05) is 30.9 Å². The molecule has 2 saturated heterocycles. The van der Waals surface area contributed by atoms with Gasteiger partial charge in [0.05, 0.1) is 6.10 Å². The Bertz CT molecular complexity index is 729. The van der Waals surface area contributed by atoms with E-state index in [1.54, 1.807) is 38.3 Å². The predicted octanol–water partition coefficient (Wildman–Crippen LogP) is 3.45. The molecule has 0 spiro atoms. The number of hydrogen-bond acceptors (Lipinski definition) is 4. The van der Waals surface area contributed by atoms with Gasteiger partial charge in [0.2, 0.25) is 5.91 Å². The third-order valence-electron chi connectivity index (χ3n) is 6.78. The molecule has 3 amide bonds. The largest absolute Gasteiger partial charge is 0.379 e. The number of piperidine rings is 2. The van der Waals surface area contributed by atoms with Crippen LogP contribution in [0.1, 0.15) is 32.6 Å². The molecule has 0 bridgehead atoms. The van der Waals surface area contributed by atoms with Crippen LogP contribution in [0, 0.1) is 11.8 Å². The Morgan fingerprint density at radius 3 is 2.13 bits per heavy atom. The van der Waals surface area contributed by atoms with Gasteiger partial charge in [-0.2, -0.15) is 0 Å². The van der Waals surface area contributed by atoms with Crippen molar-refractivity contribution in [2.45, 2.75) is 44.8 Å². The van der Waals surface area contributed by atoms with E-state index in [0.29, 0.717) is 16.6 Å². The molecule has 31 heavy (non-hydrogen) atoms. The van der Waals surface area contributed by atoms with Crippen LogP contribution >= 0.6 is 11.6 Å². The van der Waals surface area contributed by atoms with Gasteiger partial charge in [0.1, 0.15) is 6.04 Å². The van der Waals surface area contributed by atoms with Gasteiger partial charge in [-0.15, -0.1) is 0 Å². The lowest BCUT2D eigenvalue weighted by Crippen LogP contribution is -2.56. The number of ether oxygens (including phenoxy) is 1. The first-order valence-electron chi connectivity index (χ1n) is 11.2. The van der Waals surface area contributed by atoms with Gasteiger partial charge in [0.15, 0.2) is 0 Å². The van der Waals surface area contributed by atoms with Crippen LogP contribution in [0.4, 0.5) is 10.5 Å². The van der Waals surface area contributed by atoms with Crippen molar-refractivity contribution >= 4 is 29.2 Å². The summed E-state index contributed by atoms with van der Waals surface area (Å²) < 4.78 is 5.41. The highest BCUT2D eigenvalue weighted by atomic mass is 35.5. The van der Waals surface area contributed by atoms with E-state index >= 15 is 0 Å². The molecule has 2 aliphatic heterocycles. The van der Waals surface area contributed by atoms with E-state index < -0.39 is 18.2 Å². The summed E-state index contributed by atoms with van der Waals surface area (Å²) in [6, 6.07) is 5.65. The number of nitrogens with one attached hydrogen (secondary N) is 2. The quantitative estimate of drug-likeness (QED) is 0.696. The fourth-order valence-corrected chi connectivity index (χ4v) is 4.77. The molecule has 1 aromatic carbocycles. The first-order valence-corrected chi connectivity index (χ1v) is 11.6. The zero-order valence-electron chi connectivity index (χ0n) is 18.8. The summed E-state index contributed by atoms with van der Waals surface area (Å²) in [5.74, 6) is 1.38. The van der Waals surface area contributed by atoms with Crippen molar-refractivity contribution in [3.63, 3.8) is 0 Å². The van der Waals surface area contributed by atoms with Crippen LogP contribution in [0.5, 0.6) is 0 Å². The van der Waals surface area contributed by atoms with Gasteiger partial charge < -0.3 is 25.2 Å². The maximum Gasteiger partial charge on any atom is 0.319 e. The van der Waals surface area contributed by atoms with Crippen LogP contribution in [0.25, 0.3) is 0 Å². The maximum absolute atomic E-state index is 13.2. The van der Waals surface area contributed by atoms with Crippen LogP contribution in [0.15, 0.2) is 24.3 Å². The molecule has 2 atom stereocenters. The summed E-state index contributed by atoms with van der Waals surface area (Å²) in [7, 11) is 3.74. The zero-order valence-corrected chi connectivity index (χ0v) is 19.5. The first-order chi connectivity index (χ1) is 14.9. The lowest BCUT2D eigenvalue weighted by Gasteiger charge is -2.40. The van der Waals surface area contributed by atoms with E-state index in [1.807, 2.05) is 4.90 Å². The summed E-state index contributed by atoms with van der Waals surface area (Å²) in [5, 5.41) is 6.15. The van der Waals surface area contributed by atoms with Crippen LogP contribution in [-0.4, -0.2) is 74.2 Å². The van der Waals surface area contributed by atoms with Crippen LogP contribution in [0.3, 0.4) is 0 Å². The summed E-state index contributed by atoms with van der Waals surface area (Å²) in [5.41, 5.74) is 0.608. The van der Waals surface area contributed by atoms with Gasteiger partial charge in [-0.25, -0.2) is 4.79 Å². The first kappa shape index (κ1) is 23.8. The smallest absolute Gasteiger partial charge is 0.319 e. The van der Waals surface area contributed by atoms with E-state index in [1.165, 1.54) is 25.9 Å². The molecule has 0 aliphatic carbocycles. The number of halogens is 1. The number of anilines is 1. The second kappa shape index (κ2) is 11.2. The van der Waals surface area contributed by atoms with Crippen molar-refractivity contribution in [3.05, 3.63) is 29.3 Å². The lowest BCUT2D eigenvalue weighted by molar-refractivity contribution is -0.138. The summed E-state index contributed by atoms with van der Waals surface area (Å²) >= 11 is 5.89. The Morgan fingerprint density at radius 1 is 1.03 bits per heavy atom. The highest BCUT2D eigenvalue weighted by Crippen LogP contribution is 2.32. The molecule has 2 heterocycles. The average Bonchev–Trinajstić information content (AvgIpc) is 2.79. The van der Waals surface area contributed by atoms with Crippen LogP contribution in [0.2, 0.25) is 5.02 Å². The fourth-order valence-electron chi connectivity index (χ4n) is 4.65. The molecule has 7 nitrogen and oxygen atoms in total. The fraction of sp³-hybridized carbons (Fsp3) is 0.652. The summed E-state index contributed by atoms with van der Waals surface area (Å²) in [6.07, 6.45) is 4.14. The van der Waals surface area contributed by atoms with Gasteiger partial charge in [0.25, 0.3) is 0 Å². The number of carbonyl (C=O) groups is 2. The second-order valence-electron chi connectivity index (χ2n) is 8.83. The highest BCUT2D eigenvalue weighted by molar-refractivity contribution is 6.30. The molecule has 3 rings (SSSR count). The maximum atomic E-state index is 13.2. The van der Waals surface area contributed by atoms with E-state index in [2.05, 4.69) is 22.6 Å². The Hall–Kier alpha value is -1.83. The van der Waals surface area contributed by atoms with Gasteiger partial charge in [-0.3, -0.25) is 4.79 Å². The van der Waals surface area contributed by atoms with Crippen LogP contribution < -0.4 is 10.6 Å². The number of rotatable bonds is 6. The molecule has 2 N–H and O–H groups in total. The Balaban J connectivity index is 1.54. The number of urea groups is 1. The average molecular weight is 451 g/mol. The van der Waals surface area contributed by atoms with Crippen molar-refractivity contribution < 1.29 is 14.3 Å². The molecule has 0 aromatic heterocycles. The van der Waals surface area contributed by atoms with E-state index in [0.717, 1.165) is 31.8 Å². The van der Waals surface area contributed by atoms with Crippen LogP contribution in [-0.2, 0) is 9.53 Å². The molecule has 1 aromatic rings. The molecule has 172 valence electrons. The summed E-state index contributed by atoms with van der Waals surface area (Å²) in [6.45, 7) is 5.62. The normalized spacial score (nSPS) is 20.8. The number of nitrogens with zero attached hydrogens (tertiary/aromatic N) is 2. The molecular formula is C23H35ClN4O3. The van der Waals surface area contributed by atoms with Gasteiger partial charge in [-0.1, -0.05) is 11.6 Å². The third-order valence-corrected chi connectivity index (χ3v) is 7.03. The molecule has 2 aliphatic rings. The van der Waals surface area contributed by atoms with Gasteiger partial charge in [-0.05, 0) is 88.8 Å². The minimum absolute atomic E-state index is 0.0811. The van der Waals surface area contributed by atoms with Crippen molar-refractivity contribution in [1.82, 2.24) is 15.1 Å². The number of methoxy groups -OCH3 is 1. The van der Waals surface area contributed by atoms with Crippen molar-refractivity contribution in [2.24, 2.45) is 11.8 Å². The number of likely N-dealkylation sites (tertiary alicyclic amines) is 2. The lowest BCUT2D eigenvalue weighted by atomic mass is 9.79. The number of amides is 3. The number of hydrogen-bond donors (Lipinski definition) is 2. The Labute approximate surface area is 190 Å². The zero-order chi connectivity index (χ0) is 22.4. The predicted molar refractivity (Wildman–Crippen MR) is 123 cm³/mol. The van der Waals surface area contributed by atoms with E-state index in [4.69, 9.17) is 16.3 Å². The minimum Gasteiger partial charge on any atom is -0.379 e. The minimum atomic E-state index is -0.739. The van der Waals surface area contributed by atoms with Crippen molar-refractivity contribution in [1.29, 1.82) is 0 Å². The van der Waals surface area contributed by atoms with E-state index in [9.17, 15) is 9.59 Å². The topological polar surface area (TPSA) is 73.9 Å². The Morgan fingerprint density at radius 2 is 1.58 bits per heavy atom. The monoisotopic (exact) mass is 450 g/mol. The summed E-state index contributed by atoms with van der Waals surface area (Å²) in [4.78, 5) is 30.0. The highest BCUT2D eigenvalue weighted by Gasteiger charge is 2.35. The van der Waals surface area contributed by atoms with Crippen molar-refractivity contribution in [2.75, 3.05) is 45.7 Å². The molecule has 0 radical (unpaired) electrons. The third kappa shape index (κ3) is 6.57. The Kier molecular flexibility index (Phi) is 8.58. The second-order valence-corrected chi connectivity index (χ2v) is 9.26. The molecule has 2 fully saturated rings. The SMILES string of the molecule is CO[C@H](C)[C@@H](NC(=O)Nc1ccc(Cl)cc1)C(=O)N1CCC(C2CCN(C)CC2)CC1. The molecule has 0 saturated carbocycles. The standard InChI is InChI=1S/C23H35ClN4O3/c1-16(31-3)21(26-23(30)25-20-6-4-19(24)5-7-20)22(29)28-14-10-18(11-15-28)17-8-12-27(2)13-9-17/h4-7,16-18,21H,8-15H2,1-3H3,(H2,25,26,30)/t16-,21-/m1/s1. The number of benzene rings is 1. The molecule has 0 unspecified atom stereocenters. The molecule has 8 heteroatoms. The van der Waals surface area contributed by atoms with E-state index in [-0.39, 0.29) is 5.91 Å². The van der Waals surface area contributed by atoms with Gasteiger partial charge >= 0.3 is 6.03 Å². The van der Waals surface area contributed by atoms with Crippen molar-refractivity contribution in [3.8, 4) is 0 Å². The number of carbonyl (C=O) groups excluding carboxylic acids is 2.